The van der Waals surface area contributed by atoms with Crippen LogP contribution in [-0.2, 0) is 6.54 Å². The van der Waals surface area contributed by atoms with Gasteiger partial charge in [0.15, 0.2) is 0 Å². The number of rotatable bonds is 2. The van der Waals surface area contributed by atoms with E-state index in [1.54, 1.807) is 6.07 Å². The molecule has 0 radical (unpaired) electrons. The van der Waals surface area contributed by atoms with Crippen LogP contribution in [0.1, 0.15) is 18.4 Å². The number of aromatic nitrogens is 1. The molecular weight excluding hydrogens is 188 g/mol. The number of nitrogens with one attached hydrogen (secondary N) is 1. The highest BCUT2D eigenvalue weighted by Crippen LogP contribution is 2.11. The van der Waals surface area contributed by atoms with Gasteiger partial charge in [0.2, 0.25) is 0 Å². The first-order valence-corrected chi connectivity index (χ1v) is 5.63. The van der Waals surface area contributed by atoms with Gasteiger partial charge in [0.1, 0.15) is 0 Å². The first-order valence-electron chi connectivity index (χ1n) is 5.63. The number of aryl methyl sites for hydroxylation is 1. The van der Waals surface area contributed by atoms with Gasteiger partial charge < -0.3 is 9.88 Å². The third kappa shape index (κ3) is 2.69. The van der Waals surface area contributed by atoms with Gasteiger partial charge >= 0.3 is 0 Å². The summed E-state index contributed by atoms with van der Waals surface area (Å²) in [6.45, 7) is 4.97. The highest BCUT2D eigenvalue weighted by molar-refractivity contribution is 5.08. The molecule has 1 N–H and O–H groups in total. The van der Waals surface area contributed by atoms with E-state index in [0.29, 0.717) is 5.92 Å². The van der Waals surface area contributed by atoms with E-state index < -0.39 is 0 Å². The van der Waals surface area contributed by atoms with Crippen LogP contribution in [0.3, 0.4) is 0 Å². The summed E-state index contributed by atoms with van der Waals surface area (Å²) in [4.78, 5) is 11.7. The Bertz CT molecular complexity index is 377. The van der Waals surface area contributed by atoms with Crippen molar-refractivity contribution in [2.75, 3.05) is 13.1 Å². The average molecular weight is 206 g/mol. The van der Waals surface area contributed by atoms with Crippen molar-refractivity contribution in [3.63, 3.8) is 0 Å². The molecule has 0 unspecified atom stereocenters. The zero-order valence-corrected chi connectivity index (χ0v) is 9.20. The minimum atomic E-state index is 0.126. The molecule has 3 heteroatoms. The van der Waals surface area contributed by atoms with Crippen molar-refractivity contribution in [1.29, 1.82) is 0 Å². The molecule has 1 aromatic rings. The lowest BCUT2D eigenvalue weighted by atomic mass is 9.99. The molecule has 1 fully saturated rings. The SMILES string of the molecule is Cc1ccn(C[C@@H]2CCCNC2)c(=O)c1. The van der Waals surface area contributed by atoms with Gasteiger partial charge in [0.25, 0.3) is 5.56 Å². The molecule has 0 saturated carbocycles. The van der Waals surface area contributed by atoms with E-state index in [1.165, 1.54) is 12.8 Å². The average Bonchev–Trinajstić information content (AvgIpc) is 2.24. The van der Waals surface area contributed by atoms with Crippen LogP contribution in [0, 0.1) is 12.8 Å². The van der Waals surface area contributed by atoms with Crippen molar-refractivity contribution >= 4 is 0 Å². The molecule has 1 aliphatic rings. The minimum Gasteiger partial charge on any atom is -0.316 e. The van der Waals surface area contributed by atoms with Crippen molar-refractivity contribution in [1.82, 2.24) is 9.88 Å². The van der Waals surface area contributed by atoms with E-state index in [2.05, 4.69) is 5.32 Å². The zero-order chi connectivity index (χ0) is 10.7. The highest BCUT2D eigenvalue weighted by atomic mass is 16.1. The van der Waals surface area contributed by atoms with Crippen molar-refractivity contribution in [2.24, 2.45) is 5.92 Å². The molecule has 3 nitrogen and oxygen atoms in total. The van der Waals surface area contributed by atoms with Crippen LogP contribution in [-0.4, -0.2) is 17.7 Å². The molecule has 1 aliphatic heterocycles. The number of hydrogen-bond acceptors (Lipinski definition) is 2. The molecule has 0 aromatic carbocycles. The second-order valence-electron chi connectivity index (χ2n) is 4.41. The van der Waals surface area contributed by atoms with Crippen LogP contribution < -0.4 is 10.9 Å². The lowest BCUT2D eigenvalue weighted by Crippen LogP contribution is -2.34. The number of pyridine rings is 1. The van der Waals surface area contributed by atoms with E-state index in [1.807, 2.05) is 23.8 Å². The molecule has 0 aliphatic carbocycles. The zero-order valence-electron chi connectivity index (χ0n) is 9.20. The Hall–Kier alpha value is -1.09. The molecule has 1 atom stereocenters. The molecule has 2 rings (SSSR count). The van der Waals surface area contributed by atoms with Gasteiger partial charge in [0.05, 0.1) is 0 Å². The van der Waals surface area contributed by atoms with Gasteiger partial charge in [-0.2, -0.15) is 0 Å². The van der Waals surface area contributed by atoms with Crippen LogP contribution in [0.25, 0.3) is 0 Å². The summed E-state index contributed by atoms with van der Waals surface area (Å²) in [5, 5.41) is 3.37. The van der Waals surface area contributed by atoms with Crippen molar-refractivity contribution in [3.05, 3.63) is 34.2 Å². The summed E-state index contributed by atoms with van der Waals surface area (Å²) in [5.41, 5.74) is 1.17. The first-order chi connectivity index (χ1) is 7.25. The second kappa shape index (κ2) is 4.62. The maximum Gasteiger partial charge on any atom is 0.250 e. The molecule has 82 valence electrons. The van der Waals surface area contributed by atoms with Gasteiger partial charge in [-0.3, -0.25) is 4.79 Å². The Morgan fingerprint density at radius 3 is 3.13 bits per heavy atom. The second-order valence-corrected chi connectivity index (χ2v) is 4.41. The Morgan fingerprint density at radius 1 is 1.60 bits per heavy atom. The van der Waals surface area contributed by atoms with Crippen molar-refractivity contribution in [2.45, 2.75) is 26.3 Å². The van der Waals surface area contributed by atoms with E-state index in [-0.39, 0.29) is 5.56 Å². The van der Waals surface area contributed by atoms with Gasteiger partial charge in [-0.05, 0) is 50.4 Å². The number of hydrogen-bond donors (Lipinski definition) is 1. The van der Waals surface area contributed by atoms with Crippen LogP contribution in [0.15, 0.2) is 23.1 Å². The van der Waals surface area contributed by atoms with Crippen molar-refractivity contribution < 1.29 is 0 Å². The van der Waals surface area contributed by atoms with E-state index >= 15 is 0 Å². The quantitative estimate of drug-likeness (QED) is 0.787. The third-order valence-corrected chi connectivity index (χ3v) is 3.01. The van der Waals surface area contributed by atoms with Gasteiger partial charge in [0, 0.05) is 18.8 Å². The van der Waals surface area contributed by atoms with Crippen LogP contribution in [0.2, 0.25) is 0 Å². The summed E-state index contributed by atoms with van der Waals surface area (Å²) in [6, 6.07) is 3.70. The fraction of sp³-hybridized carbons (Fsp3) is 0.583. The Morgan fingerprint density at radius 2 is 2.47 bits per heavy atom. The molecule has 1 aromatic heterocycles. The van der Waals surface area contributed by atoms with E-state index in [0.717, 1.165) is 25.2 Å². The van der Waals surface area contributed by atoms with Crippen molar-refractivity contribution in [3.8, 4) is 0 Å². The molecule has 0 spiro atoms. The topological polar surface area (TPSA) is 34.0 Å². The highest BCUT2D eigenvalue weighted by Gasteiger charge is 2.13. The molecule has 15 heavy (non-hydrogen) atoms. The summed E-state index contributed by atoms with van der Waals surface area (Å²) >= 11 is 0. The third-order valence-electron chi connectivity index (χ3n) is 3.01. The lowest BCUT2D eigenvalue weighted by molar-refractivity contribution is 0.334. The van der Waals surface area contributed by atoms with Gasteiger partial charge in [-0.15, -0.1) is 0 Å². The van der Waals surface area contributed by atoms with Gasteiger partial charge in [-0.25, -0.2) is 0 Å². The molecule has 1 saturated heterocycles. The first kappa shape index (κ1) is 10.4. The Labute approximate surface area is 90.1 Å². The Balaban J connectivity index is 2.06. The van der Waals surface area contributed by atoms with E-state index in [4.69, 9.17) is 0 Å². The van der Waals surface area contributed by atoms with Crippen LogP contribution in [0.5, 0.6) is 0 Å². The molecular formula is C12H18N2O. The van der Waals surface area contributed by atoms with E-state index in [9.17, 15) is 4.79 Å². The lowest BCUT2D eigenvalue weighted by Gasteiger charge is -2.23. The van der Waals surface area contributed by atoms with Gasteiger partial charge in [-0.1, -0.05) is 0 Å². The van der Waals surface area contributed by atoms with Crippen LogP contribution >= 0.6 is 0 Å². The maximum absolute atomic E-state index is 11.7. The normalized spacial score (nSPS) is 21.5. The van der Waals surface area contributed by atoms with Crippen LogP contribution in [0.4, 0.5) is 0 Å². The summed E-state index contributed by atoms with van der Waals surface area (Å²) in [5.74, 6) is 0.610. The molecule has 0 amide bonds. The summed E-state index contributed by atoms with van der Waals surface area (Å²) in [6.07, 6.45) is 4.37. The Kier molecular flexibility index (Phi) is 3.21. The fourth-order valence-corrected chi connectivity index (χ4v) is 2.12. The summed E-state index contributed by atoms with van der Waals surface area (Å²) in [7, 11) is 0. The predicted molar refractivity (Wildman–Crippen MR) is 61.0 cm³/mol. The minimum absolute atomic E-state index is 0.126. The fourth-order valence-electron chi connectivity index (χ4n) is 2.12. The summed E-state index contributed by atoms with van der Waals surface area (Å²) < 4.78 is 1.82. The number of nitrogens with zero attached hydrogens (tertiary/aromatic N) is 1. The standard InChI is InChI=1S/C12H18N2O/c1-10-4-6-14(12(15)7-10)9-11-3-2-5-13-8-11/h4,6-7,11,13H,2-3,5,8-9H2,1H3/t11-/m1/s1. The monoisotopic (exact) mass is 206 g/mol. The molecule has 0 bridgehead atoms. The number of piperidine rings is 1. The molecule has 2 heterocycles. The smallest absolute Gasteiger partial charge is 0.250 e. The largest absolute Gasteiger partial charge is 0.316 e. The predicted octanol–water partition coefficient (Wildman–Crippen LogP) is 1.16. The maximum atomic E-state index is 11.7.